The number of aromatic nitrogens is 2. The molecule has 0 radical (unpaired) electrons. The Morgan fingerprint density at radius 2 is 1.79 bits per heavy atom. The smallest absolute Gasteiger partial charge is 0.391 e. The highest BCUT2D eigenvalue weighted by Crippen LogP contribution is 2.38. The molecule has 2 fully saturated rings. The zero-order valence-corrected chi connectivity index (χ0v) is 21.4. The lowest BCUT2D eigenvalue weighted by atomic mass is 9.74. The highest BCUT2D eigenvalue weighted by molar-refractivity contribution is 5.98. The molecule has 9 nitrogen and oxygen atoms in total. The SMILES string of the molecule is C[C@@H](CC(F)(F)F)NC1=NC2C(=C(OC3CCN(c4ncccn4)CC3)N=CC2C2CCC(O)CC2)C=N1. The number of aliphatic hydroxyl groups excluding tert-OH is 1. The van der Waals surface area contributed by atoms with E-state index in [0.29, 0.717) is 11.8 Å². The lowest BCUT2D eigenvalue weighted by molar-refractivity contribution is -0.138. The number of rotatable bonds is 6. The number of hydrogen-bond donors (Lipinski definition) is 2. The number of nitrogens with one attached hydrogen (secondary N) is 1. The first-order chi connectivity index (χ1) is 18.2. The summed E-state index contributed by atoms with van der Waals surface area (Å²) >= 11 is 0. The van der Waals surface area contributed by atoms with Crippen LogP contribution in [0.3, 0.4) is 0 Å². The van der Waals surface area contributed by atoms with Gasteiger partial charge in [-0.1, -0.05) is 0 Å². The average molecular weight is 534 g/mol. The number of nitrogens with zero attached hydrogens (tertiary/aromatic N) is 6. The Hall–Kier alpha value is -3.02. The second-order valence-electron chi connectivity index (χ2n) is 10.6. The molecule has 38 heavy (non-hydrogen) atoms. The fraction of sp³-hybridized carbons (Fsp3) is 0.654. The van der Waals surface area contributed by atoms with E-state index in [1.54, 1.807) is 24.7 Å². The van der Waals surface area contributed by atoms with E-state index in [2.05, 4.69) is 25.2 Å². The molecule has 12 heteroatoms. The molecule has 2 unspecified atom stereocenters. The van der Waals surface area contributed by atoms with Gasteiger partial charge in [-0.2, -0.15) is 13.2 Å². The van der Waals surface area contributed by atoms with Gasteiger partial charge in [0, 0.05) is 62.7 Å². The molecule has 1 saturated heterocycles. The number of guanidine groups is 1. The summed E-state index contributed by atoms with van der Waals surface area (Å²) in [4.78, 5) is 24.6. The van der Waals surface area contributed by atoms with Gasteiger partial charge in [-0.05, 0) is 44.6 Å². The molecule has 1 saturated carbocycles. The third-order valence-corrected chi connectivity index (χ3v) is 7.64. The number of aliphatic imine (C=N–C) groups is 3. The Labute approximate surface area is 220 Å². The molecule has 0 spiro atoms. The normalized spacial score (nSPS) is 29.1. The second kappa shape index (κ2) is 11.4. The molecule has 0 bridgehead atoms. The fourth-order valence-corrected chi connectivity index (χ4v) is 5.67. The van der Waals surface area contributed by atoms with Gasteiger partial charge >= 0.3 is 6.18 Å². The number of hydrogen-bond acceptors (Lipinski definition) is 9. The first-order valence-corrected chi connectivity index (χ1v) is 13.4. The van der Waals surface area contributed by atoms with Crippen LogP contribution in [0.15, 0.2) is 44.9 Å². The van der Waals surface area contributed by atoms with Crippen molar-refractivity contribution in [2.45, 2.75) is 82.3 Å². The number of anilines is 1. The van der Waals surface area contributed by atoms with Crippen LogP contribution >= 0.6 is 0 Å². The van der Waals surface area contributed by atoms with Gasteiger partial charge in [0.25, 0.3) is 0 Å². The molecule has 2 N–H and O–H groups in total. The minimum atomic E-state index is -4.28. The molecule has 4 heterocycles. The summed E-state index contributed by atoms with van der Waals surface area (Å²) < 4.78 is 45.0. The topological polar surface area (TPSA) is 108 Å². The van der Waals surface area contributed by atoms with E-state index < -0.39 is 18.6 Å². The Bertz CT molecular complexity index is 1080. The van der Waals surface area contributed by atoms with E-state index in [4.69, 9.17) is 14.7 Å². The van der Waals surface area contributed by atoms with E-state index in [9.17, 15) is 18.3 Å². The highest BCUT2D eigenvalue weighted by atomic mass is 19.4. The lowest BCUT2D eigenvalue weighted by Crippen LogP contribution is -2.42. The van der Waals surface area contributed by atoms with E-state index in [1.165, 1.54) is 6.92 Å². The molecule has 3 aliphatic heterocycles. The molecular formula is C26H34F3N7O2. The molecular weight excluding hydrogens is 499 g/mol. The molecule has 0 aromatic carbocycles. The minimum absolute atomic E-state index is 0.0385. The monoisotopic (exact) mass is 533 g/mol. The van der Waals surface area contributed by atoms with Crippen molar-refractivity contribution in [2.24, 2.45) is 26.8 Å². The summed E-state index contributed by atoms with van der Waals surface area (Å²) in [7, 11) is 0. The summed E-state index contributed by atoms with van der Waals surface area (Å²) in [6, 6.07) is 0.588. The number of halogens is 3. The van der Waals surface area contributed by atoms with Crippen molar-refractivity contribution in [1.29, 1.82) is 0 Å². The van der Waals surface area contributed by atoms with E-state index in [0.717, 1.165) is 57.2 Å². The summed E-state index contributed by atoms with van der Waals surface area (Å²) in [6.07, 6.45) is 6.11. The van der Waals surface area contributed by atoms with Crippen LogP contribution in [0.4, 0.5) is 19.1 Å². The Kier molecular flexibility index (Phi) is 7.96. The summed E-state index contributed by atoms with van der Waals surface area (Å²) in [5, 5.41) is 12.8. The van der Waals surface area contributed by atoms with Crippen LogP contribution in [0.1, 0.15) is 51.9 Å². The molecule has 3 atom stereocenters. The number of piperidine rings is 1. The Balaban J connectivity index is 1.30. The fourth-order valence-electron chi connectivity index (χ4n) is 5.67. The summed E-state index contributed by atoms with van der Waals surface area (Å²) in [5.41, 5.74) is 0.756. The zero-order valence-electron chi connectivity index (χ0n) is 21.4. The average Bonchev–Trinajstić information content (AvgIpc) is 2.89. The van der Waals surface area contributed by atoms with Gasteiger partial charge in [-0.25, -0.2) is 24.9 Å². The first kappa shape index (κ1) is 26.6. The van der Waals surface area contributed by atoms with Gasteiger partial charge in [0.05, 0.1) is 24.1 Å². The van der Waals surface area contributed by atoms with Gasteiger partial charge in [0.2, 0.25) is 17.8 Å². The van der Waals surface area contributed by atoms with Gasteiger partial charge < -0.3 is 20.1 Å². The number of aliphatic hydroxyl groups is 1. The molecule has 0 amide bonds. The Morgan fingerprint density at radius 3 is 2.47 bits per heavy atom. The van der Waals surface area contributed by atoms with Crippen LogP contribution in [0, 0.1) is 11.8 Å². The van der Waals surface area contributed by atoms with Crippen LogP contribution in [-0.4, -0.2) is 77.0 Å². The van der Waals surface area contributed by atoms with Gasteiger partial charge in [0.1, 0.15) is 6.10 Å². The van der Waals surface area contributed by atoms with Crippen LogP contribution in [-0.2, 0) is 4.74 Å². The quantitative estimate of drug-likeness (QED) is 0.578. The minimum Gasteiger partial charge on any atom is -0.474 e. The molecule has 5 rings (SSSR count). The second-order valence-corrected chi connectivity index (χ2v) is 10.6. The van der Waals surface area contributed by atoms with Crippen LogP contribution in [0.5, 0.6) is 0 Å². The van der Waals surface area contributed by atoms with Crippen molar-refractivity contribution in [3.8, 4) is 0 Å². The van der Waals surface area contributed by atoms with Crippen molar-refractivity contribution in [2.75, 3.05) is 18.0 Å². The third-order valence-electron chi connectivity index (χ3n) is 7.64. The number of ether oxygens (including phenoxy) is 1. The standard InChI is InChI=1S/C26H34F3N7O2/c1-16(13-26(27,28)29)34-24-33-15-21-22(35-24)20(17-3-5-18(37)6-4-17)14-32-23(21)38-19-7-11-36(12-8-19)25-30-9-2-10-31-25/h2,9-10,14-20,22,37H,3-8,11-13H2,1H3,(H,34,35)/t16-,17?,18?,20?,22?/m0/s1. The molecule has 206 valence electrons. The zero-order chi connectivity index (χ0) is 26.7. The molecule has 1 aromatic heterocycles. The summed E-state index contributed by atoms with van der Waals surface area (Å²) in [5.74, 6) is 1.61. The van der Waals surface area contributed by atoms with E-state index in [1.807, 2.05) is 6.21 Å². The van der Waals surface area contributed by atoms with Gasteiger partial charge in [-0.3, -0.25) is 0 Å². The number of alkyl halides is 3. The first-order valence-electron chi connectivity index (χ1n) is 13.4. The van der Waals surface area contributed by atoms with E-state index in [-0.39, 0.29) is 36.0 Å². The number of fused-ring (bicyclic) bond motifs is 1. The molecule has 4 aliphatic rings. The van der Waals surface area contributed by atoms with Crippen molar-refractivity contribution >= 4 is 24.3 Å². The maximum atomic E-state index is 12.9. The molecule has 1 aliphatic carbocycles. The van der Waals surface area contributed by atoms with Gasteiger partial charge in [0.15, 0.2) is 0 Å². The maximum Gasteiger partial charge on any atom is 0.391 e. The van der Waals surface area contributed by atoms with Crippen molar-refractivity contribution < 1.29 is 23.0 Å². The third kappa shape index (κ3) is 6.51. The Morgan fingerprint density at radius 1 is 1.08 bits per heavy atom. The highest BCUT2D eigenvalue weighted by Gasteiger charge is 2.39. The van der Waals surface area contributed by atoms with Crippen LogP contribution in [0.25, 0.3) is 0 Å². The van der Waals surface area contributed by atoms with E-state index >= 15 is 0 Å². The maximum absolute atomic E-state index is 12.9. The lowest BCUT2D eigenvalue weighted by Gasteiger charge is -2.38. The van der Waals surface area contributed by atoms with Crippen LogP contribution < -0.4 is 10.2 Å². The van der Waals surface area contributed by atoms with Crippen molar-refractivity contribution in [3.63, 3.8) is 0 Å². The van der Waals surface area contributed by atoms with Crippen molar-refractivity contribution in [1.82, 2.24) is 15.3 Å². The van der Waals surface area contributed by atoms with Gasteiger partial charge in [-0.15, -0.1) is 0 Å². The summed E-state index contributed by atoms with van der Waals surface area (Å²) in [6.45, 7) is 2.99. The molecule has 1 aromatic rings. The van der Waals surface area contributed by atoms with Crippen LogP contribution in [0.2, 0.25) is 0 Å². The largest absolute Gasteiger partial charge is 0.474 e. The van der Waals surface area contributed by atoms with Crippen molar-refractivity contribution in [3.05, 3.63) is 29.9 Å². The predicted octanol–water partition coefficient (Wildman–Crippen LogP) is 3.66. The predicted molar refractivity (Wildman–Crippen MR) is 138 cm³/mol.